The van der Waals surface area contributed by atoms with Crippen LogP contribution in [0, 0.1) is 0 Å². The zero-order valence-corrected chi connectivity index (χ0v) is 16.2. The molecule has 0 unspecified atom stereocenters. The molecule has 154 valence electrons. The Labute approximate surface area is 169 Å². The van der Waals surface area contributed by atoms with Crippen molar-refractivity contribution in [3.63, 3.8) is 0 Å². The third-order valence-corrected chi connectivity index (χ3v) is 4.49. The van der Waals surface area contributed by atoms with Crippen molar-refractivity contribution in [2.75, 3.05) is 7.11 Å². The van der Waals surface area contributed by atoms with Gasteiger partial charge in [-0.05, 0) is 33.6 Å². The normalized spacial score (nSPS) is 11.7. The molecule has 12 heteroatoms. The van der Waals surface area contributed by atoms with Gasteiger partial charge in [0.05, 0.1) is 17.8 Å². The van der Waals surface area contributed by atoms with Crippen molar-refractivity contribution in [3.8, 4) is 22.8 Å². The largest absolute Gasteiger partial charge is 0.497 e. The summed E-state index contributed by atoms with van der Waals surface area (Å²) in [6, 6.07) is 6.65. The Hall–Kier alpha value is -2.76. The fourth-order valence-corrected chi connectivity index (χ4v) is 2.95. The summed E-state index contributed by atoms with van der Waals surface area (Å²) in [7, 11) is 1.50. The standard InChI is InChI=1S/C17H12BrF5N4O2/c1-28-11-4-2-9(3-5-11)8-29-14-12(18)15(17(21,22)23)26-25-13(14)10-6-24-27(7-10)16(19)20/h2-7,16H,8H2,1H3. The lowest BCUT2D eigenvalue weighted by molar-refractivity contribution is -0.142. The first-order valence-electron chi connectivity index (χ1n) is 7.92. The molecular formula is C17H12BrF5N4O2. The van der Waals surface area contributed by atoms with Crippen molar-refractivity contribution in [1.29, 1.82) is 0 Å². The van der Waals surface area contributed by atoms with Crippen LogP contribution in [-0.4, -0.2) is 27.1 Å². The van der Waals surface area contributed by atoms with Crippen molar-refractivity contribution >= 4 is 15.9 Å². The van der Waals surface area contributed by atoms with Gasteiger partial charge in [-0.2, -0.15) is 27.1 Å². The Bertz CT molecular complexity index is 992. The highest BCUT2D eigenvalue weighted by Gasteiger charge is 2.38. The summed E-state index contributed by atoms with van der Waals surface area (Å²) in [6.45, 7) is -3.03. The molecule has 0 N–H and O–H groups in total. The van der Waals surface area contributed by atoms with Gasteiger partial charge in [0.15, 0.2) is 11.4 Å². The molecule has 3 rings (SSSR count). The first-order valence-corrected chi connectivity index (χ1v) is 8.71. The van der Waals surface area contributed by atoms with Gasteiger partial charge in [0.1, 0.15) is 18.1 Å². The van der Waals surface area contributed by atoms with Crippen LogP contribution in [0.25, 0.3) is 11.3 Å². The number of halogens is 6. The lowest BCUT2D eigenvalue weighted by Crippen LogP contribution is -2.12. The zero-order valence-electron chi connectivity index (χ0n) is 14.6. The van der Waals surface area contributed by atoms with Gasteiger partial charge >= 0.3 is 12.7 Å². The Morgan fingerprint density at radius 2 is 1.83 bits per heavy atom. The van der Waals surface area contributed by atoms with E-state index >= 15 is 0 Å². The van der Waals surface area contributed by atoms with E-state index in [2.05, 4.69) is 31.2 Å². The van der Waals surface area contributed by atoms with Crippen LogP contribution in [-0.2, 0) is 12.8 Å². The van der Waals surface area contributed by atoms with Crippen LogP contribution >= 0.6 is 15.9 Å². The maximum atomic E-state index is 13.2. The summed E-state index contributed by atoms with van der Waals surface area (Å²) in [5.74, 6) is 0.303. The van der Waals surface area contributed by atoms with Gasteiger partial charge in [-0.25, -0.2) is 4.68 Å². The number of ether oxygens (including phenoxy) is 2. The minimum Gasteiger partial charge on any atom is -0.497 e. The molecule has 0 aliphatic rings. The summed E-state index contributed by atoms with van der Waals surface area (Å²) in [5, 5.41) is 10.2. The molecule has 0 saturated heterocycles. The van der Waals surface area contributed by atoms with Gasteiger partial charge in [-0.3, -0.25) is 0 Å². The predicted molar refractivity (Wildman–Crippen MR) is 94.5 cm³/mol. The number of rotatable bonds is 6. The molecule has 0 amide bonds. The molecule has 0 fully saturated rings. The van der Waals surface area contributed by atoms with E-state index in [1.54, 1.807) is 24.3 Å². The highest BCUT2D eigenvalue weighted by molar-refractivity contribution is 9.10. The molecule has 29 heavy (non-hydrogen) atoms. The maximum Gasteiger partial charge on any atom is 0.436 e. The number of hydrogen-bond donors (Lipinski definition) is 0. The molecular weight excluding hydrogens is 467 g/mol. The van der Waals surface area contributed by atoms with Crippen LogP contribution < -0.4 is 9.47 Å². The first-order chi connectivity index (χ1) is 13.7. The van der Waals surface area contributed by atoms with Gasteiger partial charge in [0.2, 0.25) is 0 Å². The number of benzene rings is 1. The van der Waals surface area contributed by atoms with Gasteiger partial charge in [0, 0.05) is 11.8 Å². The van der Waals surface area contributed by atoms with Gasteiger partial charge in [-0.1, -0.05) is 12.1 Å². The van der Waals surface area contributed by atoms with E-state index in [4.69, 9.17) is 9.47 Å². The monoisotopic (exact) mass is 478 g/mol. The first kappa shape index (κ1) is 21.0. The number of nitrogens with zero attached hydrogens (tertiary/aromatic N) is 4. The van der Waals surface area contributed by atoms with Crippen LogP contribution in [0.15, 0.2) is 41.1 Å². The van der Waals surface area contributed by atoms with E-state index in [0.717, 1.165) is 12.4 Å². The summed E-state index contributed by atoms with van der Waals surface area (Å²) in [4.78, 5) is 0. The fraction of sp³-hybridized carbons (Fsp3) is 0.235. The lowest BCUT2D eigenvalue weighted by atomic mass is 10.2. The summed E-state index contributed by atoms with van der Waals surface area (Å²) in [5.41, 5.74) is -0.799. The van der Waals surface area contributed by atoms with Gasteiger partial charge in [0.25, 0.3) is 0 Å². The smallest absolute Gasteiger partial charge is 0.436 e. The molecule has 6 nitrogen and oxygen atoms in total. The molecule has 0 aliphatic heterocycles. The Morgan fingerprint density at radius 1 is 1.14 bits per heavy atom. The molecule has 1 aromatic carbocycles. The third-order valence-electron chi connectivity index (χ3n) is 3.76. The van der Waals surface area contributed by atoms with Gasteiger partial charge < -0.3 is 9.47 Å². The Balaban J connectivity index is 2.00. The molecule has 0 radical (unpaired) electrons. The van der Waals surface area contributed by atoms with E-state index in [0.29, 0.717) is 16.0 Å². The maximum absolute atomic E-state index is 13.2. The molecule has 0 spiro atoms. The number of aromatic nitrogens is 4. The molecule has 0 aliphatic carbocycles. The topological polar surface area (TPSA) is 62.1 Å². The van der Waals surface area contributed by atoms with Gasteiger partial charge in [-0.15, -0.1) is 10.2 Å². The van der Waals surface area contributed by atoms with E-state index in [9.17, 15) is 22.0 Å². The van der Waals surface area contributed by atoms with E-state index in [1.165, 1.54) is 7.11 Å². The van der Waals surface area contributed by atoms with Crippen molar-refractivity contribution in [2.45, 2.75) is 19.3 Å². The summed E-state index contributed by atoms with van der Waals surface area (Å²) in [6.07, 6.45) is -2.82. The highest BCUT2D eigenvalue weighted by Crippen LogP contribution is 2.42. The fourth-order valence-electron chi connectivity index (χ4n) is 2.35. The lowest BCUT2D eigenvalue weighted by Gasteiger charge is -2.15. The third kappa shape index (κ3) is 4.63. The second kappa shape index (κ2) is 8.31. The summed E-state index contributed by atoms with van der Waals surface area (Å²) >= 11 is 2.85. The van der Waals surface area contributed by atoms with Crippen LogP contribution in [0.3, 0.4) is 0 Å². The molecule has 2 heterocycles. The van der Waals surface area contributed by atoms with Crippen molar-refractivity contribution in [1.82, 2.24) is 20.0 Å². The van der Waals surface area contributed by atoms with E-state index < -0.39 is 22.9 Å². The van der Waals surface area contributed by atoms with Crippen molar-refractivity contribution < 1.29 is 31.4 Å². The second-order valence-electron chi connectivity index (χ2n) is 5.66. The highest BCUT2D eigenvalue weighted by atomic mass is 79.9. The van der Waals surface area contributed by atoms with E-state index in [1.807, 2.05) is 0 Å². The quantitative estimate of drug-likeness (QED) is 0.461. The molecule has 2 aromatic heterocycles. The average molecular weight is 479 g/mol. The van der Waals surface area contributed by atoms with Crippen LogP contribution in [0.4, 0.5) is 22.0 Å². The number of methoxy groups -OCH3 is 1. The van der Waals surface area contributed by atoms with Crippen molar-refractivity contribution in [3.05, 3.63) is 52.4 Å². The molecule has 0 bridgehead atoms. The number of alkyl halides is 5. The SMILES string of the molecule is COc1ccc(COc2c(-c3cnn(C(F)F)c3)nnc(C(F)(F)F)c2Br)cc1. The van der Waals surface area contributed by atoms with Crippen LogP contribution in [0.2, 0.25) is 0 Å². The minimum absolute atomic E-state index is 0.0250. The predicted octanol–water partition coefficient (Wildman–Crippen LogP) is 5.10. The Kier molecular flexibility index (Phi) is 6.01. The number of hydrogen-bond acceptors (Lipinski definition) is 5. The minimum atomic E-state index is -4.80. The average Bonchev–Trinajstić information content (AvgIpc) is 3.16. The second-order valence-corrected chi connectivity index (χ2v) is 6.45. The summed E-state index contributed by atoms with van der Waals surface area (Å²) < 4.78 is 75.7. The van der Waals surface area contributed by atoms with Crippen LogP contribution in [0.1, 0.15) is 17.8 Å². The van der Waals surface area contributed by atoms with Crippen LogP contribution in [0.5, 0.6) is 11.5 Å². The van der Waals surface area contributed by atoms with Crippen molar-refractivity contribution in [2.24, 2.45) is 0 Å². The Morgan fingerprint density at radius 3 is 2.38 bits per heavy atom. The molecule has 0 atom stereocenters. The molecule has 3 aromatic rings. The zero-order chi connectivity index (χ0) is 21.2. The molecule has 0 saturated carbocycles. The van der Waals surface area contributed by atoms with E-state index in [-0.39, 0.29) is 23.6 Å².